The molecule has 0 atom stereocenters. The molecule has 0 aromatic heterocycles. The number of hydrogen-bond donors (Lipinski definition) is 2. The van der Waals surface area contributed by atoms with Gasteiger partial charge in [0.15, 0.2) is 0 Å². The largest absolute Gasteiger partial charge is 0.282 e. The number of benzene rings is 2. The van der Waals surface area contributed by atoms with E-state index >= 15 is 0 Å². The molecule has 2 aromatic carbocycles. The van der Waals surface area contributed by atoms with Crippen molar-refractivity contribution < 1.29 is 21.8 Å². The van der Waals surface area contributed by atoms with Gasteiger partial charge in [0.05, 0.1) is 32.5 Å². The Morgan fingerprint density at radius 2 is 1.69 bits per heavy atom. The van der Waals surface area contributed by atoms with Crippen molar-refractivity contribution in [3.05, 3.63) is 57.1 Å². The SMILES string of the molecule is Cc1ccc([N+](=O)[O-])cc1S(=O)(=O)Nc1ccc(NS(C)(=O)=O)c(Cl)c1. The van der Waals surface area contributed by atoms with Crippen molar-refractivity contribution in [2.75, 3.05) is 15.7 Å². The molecule has 140 valence electrons. The molecule has 0 heterocycles. The van der Waals surface area contributed by atoms with Crippen LogP contribution >= 0.6 is 11.6 Å². The molecule has 0 saturated heterocycles. The second-order valence-corrected chi connectivity index (χ2v) is 9.19. The number of anilines is 2. The molecule has 0 radical (unpaired) electrons. The van der Waals surface area contributed by atoms with Gasteiger partial charge in [0.1, 0.15) is 0 Å². The lowest BCUT2D eigenvalue weighted by Gasteiger charge is -2.12. The van der Waals surface area contributed by atoms with E-state index in [9.17, 15) is 26.9 Å². The zero-order chi connectivity index (χ0) is 19.7. The Balaban J connectivity index is 2.37. The number of nitrogens with one attached hydrogen (secondary N) is 2. The fourth-order valence-corrected chi connectivity index (χ4v) is 4.24. The van der Waals surface area contributed by atoms with Gasteiger partial charge in [0, 0.05) is 12.1 Å². The van der Waals surface area contributed by atoms with Crippen LogP contribution in [0.25, 0.3) is 0 Å². The van der Waals surface area contributed by atoms with Crippen LogP contribution in [0, 0.1) is 17.0 Å². The minimum atomic E-state index is -4.12. The maximum atomic E-state index is 12.5. The third kappa shape index (κ3) is 4.84. The fourth-order valence-electron chi connectivity index (χ4n) is 2.06. The number of non-ortho nitro benzene ring substituents is 1. The van der Waals surface area contributed by atoms with Gasteiger partial charge >= 0.3 is 0 Å². The summed E-state index contributed by atoms with van der Waals surface area (Å²) in [6.45, 7) is 1.50. The summed E-state index contributed by atoms with van der Waals surface area (Å²) in [5.41, 5.74) is 0.120. The maximum absolute atomic E-state index is 12.5. The Kier molecular flexibility index (Phi) is 5.44. The molecule has 0 saturated carbocycles. The average molecular weight is 420 g/mol. The molecule has 0 fully saturated rings. The lowest BCUT2D eigenvalue weighted by molar-refractivity contribution is -0.385. The van der Waals surface area contributed by atoms with Crippen LogP contribution in [0.5, 0.6) is 0 Å². The summed E-state index contributed by atoms with van der Waals surface area (Å²) in [5.74, 6) is 0. The van der Waals surface area contributed by atoms with Crippen molar-refractivity contribution in [3.63, 3.8) is 0 Å². The van der Waals surface area contributed by atoms with E-state index in [0.29, 0.717) is 5.56 Å². The Morgan fingerprint density at radius 3 is 2.23 bits per heavy atom. The van der Waals surface area contributed by atoms with E-state index in [1.165, 1.54) is 37.3 Å². The first kappa shape index (κ1) is 19.9. The van der Waals surface area contributed by atoms with Crippen LogP contribution in [0.15, 0.2) is 41.3 Å². The number of halogens is 1. The molecular formula is C14H14ClN3O6S2. The summed E-state index contributed by atoms with van der Waals surface area (Å²) in [7, 11) is -7.66. The van der Waals surface area contributed by atoms with Crippen LogP contribution in [-0.2, 0) is 20.0 Å². The number of sulfonamides is 2. The Bertz CT molecular complexity index is 1080. The molecule has 0 aliphatic heterocycles. The molecule has 26 heavy (non-hydrogen) atoms. The van der Waals surface area contributed by atoms with Crippen molar-refractivity contribution in [1.29, 1.82) is 0 Å². The summed E-state index contributed by atoms with van der Waals surface area (Å²) < 4.78 is 52.0. The molecule has 12 heteroatoms. The van der Waals surface area contributed by atoms with E-state index in [-0.39, 0.29) is 27.0 Å². The van der Waals surface area contributed by atoms with Gasteiger partial charge in [0.2, 0.25) is 10.0 Å². The minimum Gasteiger partial charge on any atom is -0.282 e. The number of nitro groups is 1. The summed E-state index contributed by atoms with van der Waals surface area (Å²) >= 11 is 5.96. The second kappa shape index (κ2) is 7.09. The van der Waals surface area contributed by atoms with Crippen LogP contribution in [0.4, 0.5) is 17.1 Å². The first-order chi connectivity index (χ1) is 11.9. The van der Waals surface area contributed by atoms with Gasteiger partial charge in [0.25, 0.3) is 15.7 Å². The first-order valence-corrected chi connectivity index (χ1v) is 10.7. The zero-order valence-electron chi connectivity index (χ0n) is 13.6. The summed E-state index contributed by atoms with van der Waals surface area (Å²) in [6.07, 6.45) is 0.949. The minimum absolute atomic E-state index is 0.0219. The molecular weight excluding hydrogens is 406 g/mol. The van der Waals surface area contributed by atoms with E-state index in [2.05, 4.69) is 9.44 Å². The van der Waals surface area contributed by atoms with Gasteiger partial charge in [-0.2, -0.15) is 0 Å². The second-order valence-electron chi connectivity index (χ2n) is 5.38. The maximum Gasteiger partial charge on any atom is 0.270 e. The highest BCUT2D eigenvalue weighted by atomic mass is 35.5. The van der Waals surface area contributed by atoms with Crippen LogP contribution in [0.2, 0.25) is 5.02 Å². The lowest BCUT2D eigenvalue weighted by atomic mass is 10.2. The standard InChI is InChI=1S/C14H14ClN3O6S2/c1-9-3-5-11(18(19)20)8-14(9)26(23,24)16-10-4-6-13(12(15)7-10)17-25(2,21)22/h3-8,16-17H,1-2H3. The van der Waals surface area contributed by atoms with Crippen LogP contribution < -0.4 is 9.44 Å². The third-order valence-corrected chi connectivity index (χ3v) is 5.62. The van der Waals surface area contributed by atoms with E-state index in [0.717, 1.165) is 12.3 Å². The third-order valence-electron chi connectivity index (χ3n) is 3.19. The van der Waals surface area contributed by atoms with Crippen LogP contribution in [0.1, 0.15) is 5.56 Å². The highest BCUT2D eigenvalue weighted by Gasteiger charge is 2.21. The Hall–Kier alpha value is -2.37. The number of nitrogens with zero attached hydrogens (tertiary/aromatic N) is 1. The molecule has 0 aliphatic carbocycles. The van der Waals surface area contributed by atoms with E-state index in [4.69, 9.17) is 11.6 Å². The van der Waals surface area contributed by atoms with Crippen molar-refractivity contribution in [3.8, 4) is 0 Å². The van der Waals surface area contributed by atoms with Crippen molar-refractivity contribution in [2.45, 2.75) is 11.8 Å². The molecule has 0 amide bonds. The van der Waals surface area contributed by atoms with E-state index < -0.39 is 25.0 Å². The molecule has 2 aromatic rings. The monoisotopic (exact) mass is 419 g/mol. The van der Waals surface area contributed by atoms with Crippen molar-refractivity contribution >= 4 is 48.7 Å². The van der Waals surface area contributed by atoms with Gasteiger partial charge in [-0.15, -0.1) is 0 Å². The first-order valence-electron chi connectivity index (χ1n) is 6.94. The molecule has 9 nitrogen and oxygen atoms in total. The van der Waals surface area contributed by atoms with Gasteiger partial charge in [-0.25, -0.2) is 16.8 Å². The highest BCUT2D eigenvalue weighted by Crippen LogP contribution is 2.29. The number of aryl methyl sites for hydroxylation is 1. The van der Waals surface area contributed by atoms with Gasteiger partial charge in [-0.05, 0) is 30.7 Å². The van der Waals surface area contributed by atoms with E-state index in [1.54, 1.807) is 0 Å². The van der Waals surface area contributed by atoms with Crippen LogP contribution in [-0.4, -0.2) is 28.0 Å². The predicted molar refractivity (Wildman–Crippen MR) is 98.6 cm³/mol. The summed E-state index contributed by atoms with van der Waals surface area (Å²) in [5, 5.41) is 10.8. The molecule has 2 rings (SSSR count). The molecule has 0 spiro atoms. The summed E-state index contributed by atoms with van der Waals surface area (Å²) in [6, 6.07) is 7.32. The normalized spacial score (nSPS) is 11.8. The number of rotatable bonds is 6. The van der Waals surface area contributed by atoms with Gasteiger partial charge in [-0.1, -0.05) is 17.7 Å². The molecule has 2 N–H and O–H groups in total. The number of nitro benzene ring substituents is 1. The van der Waals surface area contributed by atoms with Crippen molar-refractivity contribution in [2.24, 2.45) is 0 Å². The van der Waals surface area contributed by atoms with Crippen molar-refractivity contribution in [1.82, 2.24) is 0 Å². The quantitative estimate of drug-likeness (QED) is 0.545. The van der Waals surface area contributed by atoms with Crippen LogP contribution in [0.3, 0.4) is 0 Å². The Labute approximate surface area is 155 Å². The Morgan fingerprint density at radius 1 is 1.04 bits per heavy atom. The highest BCUT2D eigenvalue weighted by molar-refractivity contribution is 7.92. The lowest BCUT2D eigenvalue weighted by Crippen LogP contribution is -2.15. The number of hydrogen-bond acceptors (Lipinski definition) is 6. The van der Waals surface area contributed by atoms with Gasteiger partial charge < -0.3 is 0 Å². The topological polar surface area (TPSA) is 135 Å². The average Bonchev–Trinajstić information content (AvgIpc) is 2.48. The smallest absolute Gasteiger partial charge is 0.270 e. The van der Waals surface area contributed by atoms with Gasteiger partial charge in [-0.3, -0.25) is 19.6 Å². The molecule has 0 unspecified atom stereocenters. The van der Waals surface area contributed by atoms with E-state index in [1.807, 2.05) is 0 Å². The molecule has 0 aliphatic rings. The predicted octanol–water partition coefficient (Wildman–Crippen LogP) is 2.73. The molecule has 0 bridgehead atoms. The fraction of sp³-hybridized carbons (Fsp3) is 0.143. The zero-order valence-corrected chi connectivity index (χ0v) is 15.9. The summed E-state index contributed by atoms with van der Waals surface area (Å²) in [4.78, 5) is 9.92.